The number of sulfone groups is 1. The summed E-state index contributed by atoms with van der Waals surface area (Å²) in [7, 11) is -3.93. The first-order chi connectivity index (χ1) is 7.25. The quantitative estimate of drug-likeness (QED) is 0.654. The lowest BCUT2D eigenvalue weighted by Gasteiger charge is -2.31. The van der Waals surface area contributed by atoms with Crippen LogP contribution in [0.2, 0.25) is 0 Å². The van der Waals surface area contributed by atoms with Gasteiger partial charge in [-0.2, -0.15) is 0 Å². The second-order valence-electron chi connectivity index (χ2n) is 4.30. The van der Waals surface area contributed by atoms with Crippen LogP contribution in [-0.2, 0) is 14.6 Å². The molecule has 0 saturated heterocycles. The average molecular weight is 240 g/mol. The van der Waals surface area contributed by atoms with Gasteiger partial charge in [-0.05, 0) is 32.0 Å². The molecule has 0 saturated carbocycles. The predicted octanol–water partition coefficient (Wildman–Crippen LogP) is 0.773. The van der Waals surface area contributed by atoms with Crippen LogP contribution >= 0.6 is 0 Å². The van der Waals surface area contributed by atoms with Gasteiger partial charge in [-0.1, -0.05) is 0 Å². The van der Waals surface area contributed by atoms with E-state index in [1.165, 1.54) is 19.9 Å². The molecule has 0 fully saturated rings. The van der Waals surface area contributed by atoms with Crippen molar-refractivity contribution in [3.8, 4) is 0 Å². The van der Waals surface area contributed by atoms with Crippen LogP contribution in [0.15, 0.2) is 23.1 Å². The molecule has 2 rings (SSSR count). The minimum atomic E-state index is -3.93. The summed E-state index contributed by atoms with van der Waals surface area (Å²) in [6.45, 7) is 3.07. The van der Waals surface area contributed by atoms with Crippen LogP contribution in [0, 0.1) is 0 Å². The highest BCUT2D eigenvalue weighted by atomic mass is 32.2. The molecule has 6 heteroatoms. The Kier molecular flexibility index (Phi) is 2.03. The van der Waals surface area contributed by atoms with Crippen molar-refractivity contribution in [3.05, 3.63) is 18.2 Å². The number of hydrogen-bond donors (Lipinski definition) is 2. The number of benzene rings is 1. The third kappa shape index (κ3) is 1.37. The standard InChI is InChI=1S/C10H12N2O3S/c1-10(2)9(13)16(14,15)8-5-6(11)3-4-7(8)12-10/h3-5,12H,11H2,1-2H3. The van der Waals surface area contributed by atoms with E-state index in [9.17, 15) is 13.2 Å². The lowest BCUT2D eigenvalue weighted by Crippen LogP contribution is -2.48. The maximum Gasteiger partial charge on any atom is 0.275 e. The van der Waals surface area contributed by atoms with E-state index in [-0.39, 0.29) is 4.90 Å². The Bertz CT molecular complexity index is 576. The highest BCUT2D eigenvalue weighted by Gasteiger charge is 2.44. The van der Waals surface area contributed by atoms with Crippen molar-refractivity contribution in [2.75, 3.05) is 11.1 Å². The van der Waals surface area contributed by atoms with Gasteiger partial charge in [0.2, 0.25) is 9.84 Å². The van der Waals surface area contributed by atoms with Crippen molar-refractivity contribution < 1.29 is 13.2 Å². The van der Waals surface area contributed by atoms with Crippen molar-refractivity contribution in [2.45, 2.75) is 24.3 Å². The zero-order valence-corrected chi connectivity index (χ0v) is 9.76. The lowest BCUT2D eigenvalue weighted by molar-refractivity contribution is -0.114. The molecule has 0 aromatic heterocycles. The van der Waals surface area contributed by atoms with Crippen LogP contribution in [0.1, 0.15) is 13.8 Å². The number of hydrogen-bond acceptors (Lipinski definition) is 5. The zero-order valence-electron chi connectivity index (χ0n) is 8.94. The molecule has 3 N–H and O–H groups in total. The van der Waals surface area contributed by atoms with E-state index in [0.29, 0.717) is 11.4 Å². The van der Waals surface area contributed by atoms with Crippen LogP contribution < -0.4 is 11.1 Å². The molecule has 1 heterocycles. The second-order valence-corrected chi connectivity index (χ2v) is 6.11. The number of fused-ring (bicyclic) bond motifs is 1. The van der Waals surface area contributed by atoms with E-state index in [0.717, 1.165) is 0 Å². The molecule has 1 aromatic rings. The third-order valence-electron chi connectivity index (χ3n) is 2.50. The molecular formula is C10H12N2O3S. The van der Waals surface area contributed by atoms with Gasteiger partial charge in [-0.15, -0.1) is 0 Å². The van der Waals surface area contributed by atoms with Gasteiger partial charge in [-0.25, -0.2) is 8.42 Å². The molecule has 1 aromatic carbocycles. The predicted molar refractivity (Wildman–Crippen MR) is 60.7 cm³/mol. The van der Waals surface area contributed by atoms with Gasteiger partial charge in [0.25, 0.3) is 5.12 Å². The topological polar surface area (TPSA) is 89.3 Å². The van der Waals surface area contributed by atoms with Crippen molar-refractivity contribution in [3.63, 3.8) is 0 Å². The minimum absolute atomic E-state index is 0.0446. The highest BCUT2D eigenvalue weighted by molar-refractivity contribution is 8.06. The normalized spacial score (nSPS) is 21.0. The summed E-state index contributed by atoms with van der Waals surface area (Å²) in [5, 5.41) is 2.05. The maximum absolute atomic E-state index is 11.9. The minimum Gasteiger partial charge on any atom is -0.399 e. The number of carbonyl (C=O) groups is 1. The van der Waals surface area contributed by atoms with E-state index in [4.69, 9.17) is 5.73 Å². The number of nitrogens with one attached hydrogen (secondary N) is 1. The van der Waals surface area contributed by atoms with Crippen LogP contribution in [0.4, 0.5) is 11.4 Å². The first-order valence-corrected chi connectivity index (χ1v) is 6.21. The van der Waals surface area contributed by atoms with E-state index in [1.54, 1.807) is 12.1 Å². The monoisotopic (exact) mass is 240 g/mol. The number of rotatable bonds is 0. The smallest absolute Gasteiger partial charge is 0.275 e. The number of anilines is 2. The second kappa shape index (κ2) is 2.98. The summed E-state index contributed by atoms with van der Waals surface area (Å²) in [5.74, 6) is 0. The largest absolute Gasteiger partial charge is 0.399 e. The first kappa shape index (κ1) is 10.9. The fourth-order valence-corrected chi connectivity index (χ4v) is 3.31. The van der Waals surface area contributed by atoms with Gasteiger partial charge in [0.05, 0.1) is 10.6 Å². The number of carbonyl (C=O) groups excluding carboxylic acids is 1. The Balaban J connectivity index is 2.77. The van der Waals surface area contributed by atoms with Gasteiger partial charge in [0.1, 0.15) is 5.54 Å². The molecule has 0 spiro atoms. The Morgan fingerprint density at radius 2 is 1.94 bits per heavy atom. The molecule has 0 radical (unpaired) electrons. The van der Waals surface area contributed by atoms with Gasteiger partial charge in [0.15, 0.2) is 0 Å². The van der Waals surface area contributed by atoms with E-state index < -0.39 is 20.5 Å². The molecule has 0 unspecified atom stereocenters. The lowest BCUT2D eigenvalue weighted by atomic mass is 10.1. The Morgan fingerprint density at radius 1 is 1.31 bits per heavy atom. The third-order valence-corrected chi connectivity index (χ3v) is 4.41. The first-order valence-electron chi connectivity index (χ1n) is 4.72. The maximum atomic E-state index is 11.9. The molecule has 1 aliphatic rings. The molecule has 86 valence electrons. The summed E-state index contributed by atoms with van der Waals surface area (Å²) >= 11 is 0. The van der Waals surface area contributed by atoms with Crippen LogP contribution in [0.5, 0.6) is 0 Å². The zero-order chi connectivity index (χ0) is 12.1. The van der Waals surface area contributed by atoms with Crippen molar-refractivity contribution in [1.29, 1.82) is 0 Å². The summed E-state index contributed by atoms with van der Waals surface area (Å²) in [5.41, 5.74) is 5.14. The van der Waals surface area contributed by atoms with Crippen LogP contribution in [0.3, 0.4) is 0 Å². The average Bonchev–Trinajstić information content (AvgIpc) is 2.17. The van der Waals surface area contributed by atoms with Crippen molar-refractivity contribution >= 4 is 26.3 Å². The highest BCUT2D eigenvalue weighted by Crippen LogP contribution is 2.34. The summed E-state index contributed by atoms with van der Waals surface area (Å²) in [4.78, 5) is 11.7. The molecule has 1 aliphatic heterocycles. The molecule has 16 heavy (non-hydrogen) atoms. The molecular weight excluding hydrogens is 228 g/mol. The van der Waals surface area contributed by atoms with E-state index in [1.807, 2.05) is 0 Å². The summed E-state index contributed by atoms with van der Waals surface area (Å²) < 4.78 is 23.9. The SMILES string of the molecule is CC1(C)Nc2ccc(N)cc2S(=O)(=O)C1=O. The molecule has 5 nitrogen and oxygen atoms in total. The summed E-state index contributed by atoms with van der Waals surface area (Å²) in [6.07, 6.45) is 0. The van der Waals surface area contributed by atoms with Crippen LogP contribution in [-0.4, -0.2) is 19.1 Å². The molecule has 0 atom stereocenters. The van der Waals surface area contributed by atoms with Crippen molar-refractivity contribution in [1.82, 2.24) is 0 Å². The number of nitrogens with two attached hydrogens (primary N) is 1. The fraction of sp³-hybridized carbons (Fsp3) is 0.300. The number of nitrogen functional groups attached to an aromatic ring is 1. The van der Waals surface area contributed by atoms with Crippen molar-refractivity contribution in [2.24, 2.45) is 0 Å². The van der Waals surface area contributed by atoms with Gasteiger partial charge in [0, 0.05) is 5.69 Å². The Morgan fingerprint density at radius 3 is 2.56 bits per heavy atom. The van der Waals surface area contributed by atoms with E-state index >= 15 is 0 Å². The molecule has 0 amide bonds. The van der Waals surface area contributed by atoms with Gasteiger partial charge in [-0.3, -0.25) is 4.79 Å². The molecule has 0 aliphatic carbocycles. The van der Waals surface area contributed by atoms with E-state index in [2.05, 4.69) is 5.32 Å². The molecule has 0 bridgehead atoms. The van der Waals surface area contributed by atoms with Gasteiger partial charge >= 0.3 is 0 Å². The Labute approximate surface area is 93.6 Å². The van der Waals surface area contributed by atoms with Gasteiger partial charge < -0.3 is 11.1 Å². The summed E-state index contributed by atoms with van der Waals surface area (Å²) in [6, 6.07) is 4.45. The van der Waals surface area contributed by atoms with Crippen LogP contribution in [0.25, 0.3) is 0 Å². The fourth-order valence-electron chi connectivity index (χ4n) is 1.69. The Hall–Kier alpha value is -1.56.